The second-order valence-corrected chi connectivity index (χ2v) is 9.53. The average Bonchev–Trinajstić information content (AvgIpc) is 2.78. The lowest BCUT2D eigenvalue weighted by Crippen LogP contribution is -2.23. The van der Waals surface area contributed by atoms with Gasteiger partial charge in [0.1, 0.15) is 5.82 Å². The van der Waals surface area contributed by atoms with Gasteiger partial charge in [0, 0.05) is 20.9 Å². The van der Waals surface area contributed by atoms with E-state index >= 15 is 0 Å². The number of benzene rings is 2. The normalized spacial score (nSPS) is 12.3. The second-order valence-electron chi connectivity index (χ2n) is 7.02. The lowest BCUT2D eigenvalue weighted by Gasteiger charge is -2.17. The van der Waals surface area contributed by atoms with E-state index in [2.05, 4.69) is 57.9 Å². The van der Waals surface area contributed by atoms with Gasteiger partial charge in [-0.1, -0.05) is 22.9 Å². The second kappa shape index (κ2) is 10.8. The van der Waals surface area contributed by atoms with Crippen molar-refractivity contribution in [3.63, 3.8) is 0 Å². The van der Waals surface area contributed by atoms with Crippen LogP contribution in [-0.4, -0.2) is 40.2 Å². The molecule has 0 aliphatic heterocycles. The highest BCUT2D eigenvalue weighted by atomic mass is 79.9. The van der Waals surface area contributed by atoms with E-state index in [1.807, 2.05) is 13.0 Å². The molecule has 0 radical (unpaired) electrons. The van der Waals surface area contributed by atoms with Crippen molar-refractivity contribution in [1.82, 2.24) is 9.66 Å². The van der Waals surface area contributed by atoms with Gasteiger partial charge >= 0.3 is 5.97 Å². The molecule has 2 aromatic carbocycles. The Morgan fingerprint density at radius 1 is 1.27 bits per heavy atom. The summed E-state index contributed by atoms with van der Waals surface area (Å²) in [5.41, 5.74) is 0.911. The van der Waals surface area contributed by atoms with Gasteiger partial charge in [0.25, 0.3) is 5.56 Å². The fraction of sp³-hybridized carbons (Fsp3) is 0.273. The van der Waals surface area contributed by atoms with Gasteiger partial charge < -0.3 is 14.6 Å². The molecular weight excluding hydrogens is 626 g/mol. The predicted molar refractivity (Wildman–Crippen MR) is 137 cm³/mol. The summed E-state index contributed by atoms with van der Waals surface area (Å²) in [4.78, 5) is 29.0. The van der Waals surface area contributed by atoms with Crippen molar-refractivity contribution in [2.75, 3.05) is 7.11 Å². The number of aryl methyl sites for hydroxylation is 1. The number of ether oxygens (including phenoxy) is 2. The first-order valence-electron chi connectivity index (χ1n) is 9.88. The minimum atomic E-state index is -1.11. The zero-order valence-electron chi connectivity index (χ0n) is 17.9. The van der Waals surface area contributed by atoms with Crippen LogP contribution >= 0.6 is 47.8 Å². The molecule has 1 heterocycles. The maximum absolute atomic E-state index is 13.2. The van der Waals surface area contributed by atoms with Gasteiger partial charge in [-0.05, 0) is 69.5 Å². The van der Waals surface area contributed by atoms with Crippen molar-refractivity contribution in [3.8, 4) is 11.5 Å². The summed E-state index contributed by atoms with van der Waals surface area (Å²) >= 11 is 10.3. The summed E-state index contributed by atoms with van der Waals surface area (Å²) in [7, 11) is 1.45. The Labute approximate surface area is 215 Å². The van der Waals surface area contributed by atoms with Crippen LogP contribution in [0.4, 0.5) is 0 Å². The molecule has 1 aromatic heterocycles. The standard InChI is InChI=1S/C22H20Br3N3O5/c1-4-5-17-27-15-7-6-13(23)9-14(15)21(29)28(17)26-10-12-8-16(32-3)20(19(25)18(12)24)33-11(2)22(30)31/h6-11H,4-5H2,1-3H3,(H,30,31)/t11-/m1/s1. The van der Waals surface area contributed by atoms with Crippen molar-refractivity contribution < 1.29 is 19.4 Å². The number of aromatic nitrogens is 2. The van der Waals surface area contributed by atoms with Crippen LogP contribution in [0.3, 0.4) is 0 Å². The lowest BCUT2D eigenvalue weighted by atomic mass is 10.2. The van der Waals surface area contributed by atoms with Gasteiger partial charge in [0.2, 0.25) is 0 Å². The van der Waals surface area contributed by atoms with Crippen LogP contribution in [0.15, 0.2) is 47.6 Å². The third kappa shape index (κ3) is 5.47. The fourth-order valence-corrected chi connectivity index (χ4v) is 4.28. The number of rotatable bonds is 8. The molecule has 0 amide bonds. The largest absolute Gasteiger partial charge is 0.493 e. The number of aliphatic carboxylic acids is 1. The van der Waals surface area contributed by atoms with Crippen LogP contribution in [0.25, 0.3) is 10.9 Å². The monoisotopic (exact) mass is 643 g/mol. The predicted octanol–water partition coefficient (Wildman–Crippen LogP) is 5.38. The molecule has 8 nitrogen and oxygen atoms in total. The van der Waals surface area contributed by atoms with E-state index in [1.165, 1.54) is 24.9 Å². The number of carbonyl (C=O) groups is 1. The molecule has 1 atom stereocenters. The summed E-state index contributed by atoms with van der Waals surface area (Å²) < 4.78 is 14.0. The number of halogens is 3. The maximum Gasteiger partial charge on any atom is 0.344 e. The SMILES string of the molecule is CCCc1nc2ccc(Br)cc2c(=O)n1N=Cc1cc(OC)c(O[C@H](C)C(=O)O)c(Br)c1Br. The highest BCUT2D eigenvalue weighted by molar-refractivity contribution is 9.13. The number of methoxy groups -OCH3 is 1. The van der Waals surface area contributed by atoms with Gasteiger partial charge in [-0.3, -0.25) is 4.79 Å². The van der Waals surface area contributed by atoms with Crippen molar-refractivity contribution in [1.29, 1.82) is 0 Å². The smallest absolute Gasteiger partial charge is 0.344 e. The molecule has 11 heteroatoms. The van der Waals surface area contributed by atoms with Crippen molar-refractivity contribution in [2.45, 2.75) is 32.8 Å². The summed E-state index contributed by atoms with van der Waals surface area (Å²) in [5.74, 6) is -0.0197. The topological polar surface area (TPSA) is 103 Å². The number of hydrogen-bond acceptors (Lipinski definition) is 6. The van der Waals surface area contributed by atoms with Gasteiger partial charge in [0.15, 0.2) is 17.6 Å². The molecular formula is C22H20Br3N3O5. The van der Waals surface area contributed by atoms with Crippen LogP contribution in [0.5, 0.6) is 11.5 Å². The van der Waals surface area contributed by atoms with Crippen LogP contribution < -0.4 is 15.0 Å². The Bertz CT molecular complexity index is 1310. The molecule has 0 fully saturated rings. The minimum absolute atomic E-state index is 0.234. The van der Waals surface area contributed by atoms with Gasteiger partial charge in [-0.15, -0.1) is 0 Å². The highest BCUT2D eigenvalue weighted by Gasteiger charge is 2.21. The molecule has 3 aromatic rings. The van der Waals surface area contributed by atoms with E-state index in [4.69, 9.17) is 14.6 Å². The molecule has 0 aliphatic rings. The van der Waals surface area contributed by atoms with Gasteiger partial charge in [-0.25, -0.2) is 9.78 Å². The summed E-state index contributed by atoms with van der Waals surface area (Å²) in [5, 5.41) is 14.0. The van der Waals surface area contributed by atoms with Crippen LogP contribution in [-0.2, 0) is 11.2 Å². The third-order valence-electron chi connectivity index (χ3n) is 4.68. The number of carboxylic acid groups (broad SMARTS) is 1. The average molecular weight is 646 g/mol. The number of carboxylic acids is 1. The van der Waals surface area contributed by atoms with E-state index in [9.17, 15) is 9.59 Å². The zero-order valence-corrected chi connectivity index (χ0v) is 22.7. The first-order chi connectivity index (χ1) is 15.7. The number of hydrogen-bond donors (Lipinski definition) is 1. The summed E-state index contributed by atoms with van der Waals surface area (Å²) in [6.07, 6.45) is 1.79. The van der Waals surface area contributed by atoms with Crippen molar-refractivity contribution in [2.24, 2.45) is 5.10 Å². The Hall–Kier alpha value is -2.24. The first kappa shape index (κ1) is 25.4. The quantitative estimate of drug-likeness (QED) is 0.330. The van der Waals surface area contributed by atoms with Crippen LogP contribution in [0, 0.1) is 0 Å². The van der Waals surface area contributed by atoms with E-state index in [0.29, 0.717) is 43.4 Å². The number of fused-ring (bicyclic) bond motifs is 1. The van der Waals surface area contributed by atoms with E-state index < -0.39 is 12.1 Å². The Morgan fingerprint density at radius 2 is 2.00 bits per heavy atom. The molecule has 0 saturated heterocycles. The highest BCUT2D eigenvalue weighted by Crippen LogP contribution is 2.42. The summed E-state index contributed by atoms with van der Waals surface area (Å²) in [6, 6.07) is 6.99. The number of nitrogens with zero attached hydrogens (tertiary/aromatic N) is 3. The molecule has 174 valence electrons. The molecule has 0 unspecified atom stereocenters. The van der Waals surface area contributed by atoms with Crippen molar-refractivity contribution in [3.05, 3.63) is 59.4 Å². The molecule has 33 heavy (non-hydrogen) atoms. The molecule has 0 saturated carbocycles. The van der Waals surface area contributed by atoms with Crippen LogP contribution in [0.1, 0.15) is 31.7 Å². The molecule has 0 aliphatic carbocycles. The van der Waals surface area contributed by atoms with E-state index in [-0.39, 0.29) is 11.3 Å². The summed E-state index contributed by atoms with van der Waals surface area (Å²) in [6.45, 7) is 3.42. The Kier molecular flexibility index (Phi) is 8.30. The zero-order chi connectivity index (χ0) is 24.3. The van der Waals surface area contributed by atoms with Gasteiger partial charge in [0.05, 0.1) is 28.7 Å². The van der Waals surface area contributed by atoms with Gasteiger partial charge in [-0.2, -0.15) is 9.78 Å². The third-order valence-corrected chi connectivity index (χ3v) is 7.32. The molecule has 0 spiro atoms. The minimum Gasteiger partial charge on any atom is -0.493 e. The molecule has 3 rings (SSSR count). The molecule has 0 bridgehead atoms. The van der Waals surface area contributed by atoms with Crippen LogP contribution in [0.2, 0.25) is 0 Å². The van der Waals surface area contributed by atoms with E-state index in [0.717, 1.165) is 10.9 Å². The first-order valence-corrected chi connectivity index (χ1v) is 12.3. The maximum atomic E-state index is 13.2. The fourth-order valence-electron chi connectivity index (χ4n) is 3.01. The Morgan fingerprint density at radius 3 is 2.64 bits per heavy atom. The molecule has 1 N–H and O–H groups in total. The Balaban J connectivity index is 2.12. The van der Waals surface area contributed by atoms with Crippen molar-refractivity contribution >= 4 is 70.9 Å². The lowest BCUT2D eigenvalue weighted by molar-refractivity contribution is -0.144. The van der Waals surface area contributed by atoms with E-state index in [1.54, 1.807) is 18.2 Å².